The standard InChI is InChI=1S/C14H25N5O/c1-4-6-11-7-9-19(10-8-11)13-16-12(15-5-2)17-14(18-13)20-3/h11H,4-10H2,1-3H3,(H,15,16,17,18). The van der Waals surface area contributed by atoms with E-state index in [1.807, 2.05) is 6.92 Å². The number of hydrogen-bond acceptors (Lipinski definition) is 6. The Labute approximate surface area is 121 Å². The zero-order valence-electron chi connectivity index (χ0n) is 12.7. The molecule has 0 radical (unpaired) electrons. The molecule has 0 amide bonds. The zero-order chi connectivity index (χ0) is 14.4. The van der Waals surface area contributed by atoms with Crippen LogP contribution in [-0.2, 0) is 0 Å². The molecule has 0 bridgehead atoms. The lowest BCUT2D eigenvalue weighted by atomic mass is 9.93. The van der Waals surface area contributed by atoms with Gasteiger partial charge in [-0.15, -0.1) is 0 Å². The van der Waals surface area contributed by atoms with Crippen LogP contribution in [0.3, 0.4) is 0 Å². The van der Waals surface area contributed by atoms with Gasteiger partial charge >= 0.3 is 6.01 Å². The van der Waals surface area contributed by atoms with Gasteiger partial charge in [0.1, 0.15) is 0 Å². The van der Waals surface area contributed by atoms with E-state index in [1.165, 1.54) is 25.7 Å². The lowest BCUT2D eigenvalue weighted by Gasteiger charge is -2.31. The lowest BCUT2D eigenvalue weighted by Crippen LogP contribution is -2.35. The normalized spacial score (nSPS) is 16.2. The summed E-state index contributed by atoms with van der Waals surface area (Å²) in [7, 11) is 1.59. The van der Waals surface area contributed by atoms with Gasteiger partial charge in [0.2, 0.25) is 11.9 Å². The Morgan fingerprint density at radius 3 is 2.55 bits per heavy atom. The van der Waals surface area contributed by atoms with E-state index in [1.54, 1.807) is 7.11 Å². The highest BCUT2D eigenvalue weighted by molar-refractivity contribution is 5.38. The molecule has 0 aromatic carbocycles. The van der Waals surface area contributed by atoms with Crippen LogP contribution in [0.4, 0.5) is 11.9 Å². The van der Waals surface area contributed by atoms with Crippen molar-refractivity contribution < 1.29 is 4.74 Å². The maximum absolute atomic E-state index is 5.16. The third kappa shape index (κ3) is 3.71. The van der Waals surface area contributed by atoms with E-state index in [-0.39, 0.29) is 0 Å². The van der Waals surface area contributed by atoms with Crippen molar-refractivity contribution in [1.82, 2.24) is 15.0 Å². The Hall–Kier alpha value is -1.59. The summed E-state index contributed by atoms with van der Waals surface area (Å²) in [6, 6.07) is 0.377. The molecule has 1 aliphatic rings. The van der Waals surface area contributed by atoms with Crippen molar-refractivity contribution in [3.8, 4) is 6.01 Å². The zero-order valence-corrected chi connectivity index (χ0v) is 12.7. The number of nitrogens with zero attached hydrogens (tertiary/aromatic N) is 4. The van der Waals surface area contributed by atoms with Crippen molar-refractivity contribution in [2.24, 2.45) is 5.92 Å². The molecule has 1 aliphatic heterocycles. The second-order valence-corrected chi connectivity index (χ2v) is 5.20. The number of aromatic nitrogens is 3. The molecule has 1 aromatic rings. The van der Waals surface area contributed by atoms with Gasteiger partial charge in [0.15, 0.2) is 0 Å². The topological polar surface area (TPSA) is 63.2 Å². The number of anilines is 2. The van der Waals surface area contributed by atoms with Crippen LogP contribution in [0, 0.1) is 5.92 Å². The van der Waals surface area contributed by atoms with Crippen LogP contribution in [0.2, 0.25) is 0 Å². The van der Waals surface area contributed by atoms with Gasteiger partial charge in [-0.1, -0.05) is 19.8 Å². The molecule has 2 heterocycles. The number of methoxy groups -OCH3 is 1. The fraction of sp³-hybridized carbons (Fsp3) is 0.786. The Morgan fingerprint density at radius 2 is 1.95 bits per heavy atom. The summed E-state index contributed by atoms with van der Waals surface area (Å²) in [4.78, 5) is 15.3. The number of hydrogen-bond donors (Lipinski definition) is 1. The van der Waals surface area contributed by atoms with Crippen molar-refractivity contribution in [3.05, 3.63) is 0 Å². The Balaban J connectivity index is 2.06. The van der Waals surface area contributed by atoms with Crippen LogP contribution in [-0.4, -0.2) is 41.7 Å². The summed E-state index contributed by atoms with van der Waals surface area (Å²) in [6.07, 6.45) is 5.04. The van der Waals surface area contributed by atoms with E-state index in [9.17, 15) is 0 Å². The summed E-state index contributed by atoms with van der Waals surface area (Å²) >= 11 is 0. The van der Waals surface area contributed by atoms with Gasteiger partial charge in [-0.2, -0.15) is 15.0 Å². The average Bonchev–Trinajstić information content (AvgIpc) is 2.48. The number of rotatable bonds is 6. The molecular formula is C14H25N5O. The maximum atomic E-state index is 5.16. The van der Waals surface area contributed by atoms with Gasteiger partial charge in [-0.25, -0.2) is 0 Å². The monoisotopic (exact) mass is 279 g/mol. The van der Waals surface area contributed by atoms with Gasteiger partial charge in [-0.3, -0.25) is 0 Å². The predicted octanol–water partition coefficient (Wildman–Crippen LogP) is 2.33. The van der Waals surface area contributed by atoms with E-state index < -0.39 is 0 Å². The van der Waals surface area contributed by atoms with Crippen LogP contribution < -0.4 is 15.0 Å². The fourth-order valence-electron chi connectivity index (χ4n) is 2.65. The first kappa shape index (κ1) is 14.8. The second-order valence-electron chi connectivity index (χ2n) is 5.20. The highest BCUT2D eigenvalue weighted by atomic mass is 16.5. The maximum Gasteiger partial charge on any atom is 0.322 e. The van der Waals surface area contributed by atoms with E-state index >= 15 is 0 Å². The largest absolute Gasteiger partial charge is 0.467 e. The Morgan fingerprint density at radius 1 is 1.20 bits per heavy atom. The second kappa shape index (κ2) is 7.26. The highest BCUT2D eigenvalue weighted by Gasteiger charge is 2.21. The number of ether oxygens (including phenoxy) is 1. The molecule has 0 unspecified atom stereocenters. The first-order valence-electron chi connectivity index (χ1n) is 7.55. The van der Waals surface area contributed by atoms with Gasteiger partial charge in [0.25, 0.3) is 0 Å². The third-order valence-corrected chi connectivity index (χ3v) is 3.71. The molecule has 0 aliphatic carbocycles. The van der Waals surface area contributed by atoms with Crippen molar-refractivity contribution in [2.75, 3.05) is 37.0 Å². The van der Waals surface area contributed by atoms with Gasteiger partial charge in [-0.05, 0) is 25.7 Å². The number of piperidine rings is 1. The minimum Gasteiger partial charge on any atom is -0.467 e. The summed E-state index contributed by atoms with van der Waals surface area (Å²) < 4.78 is 5.16. The first-order valence-corrected chi connectivity index (χ1v) is 7.55. The van der Waals surface area contributed by atoms with Crippen molar-refractivity contribution in [3.63, 3.8) is 0 Å². The molecule has 112 valence electrons. The van der Waals surface area contributed by atoms with Gasteiger partial charge in [0, 0.05) is 19.6 Å². The molecule has 1 saturated heterocycles. The molecular weight excluding hydrogens is 254 g/mol. The van der Waals surface area contributed by atoms with E-state index in [0.717, 1.165) is 31.5 Å². The van der Waals surface area contributed by atoms with Crippen LogP contribution in [0.15, 0.2) is 0 Å². The molecule has 6 nitrogen and oxygen atoms in total. The fourth-order valence-corrected chi connectivity index (χ4v) is 2.65. The van der Waals surface area contributed by atoms with Gasteiger partial charge < -0.3 is 15.0 Å². The smallest absolute Gasteiger partial charge is 0.322 e. The van der Waals surface area contributed by atoms with E-state index in [0.29, 0.717) is 12.0 Å². The summed E-state index contributed by atoms with van der Waals surface area (Å²) in [6.45, 7) is 7.09. The van der Waals surface area contributed by atoms with Crippen LogP contribution in [0.5, 0.6) is 6.01 Å². The average molecular weight is 279 g/mol. The molecule has 0 spiro atoms. The minimum absolute atomic E-state index is 0.377. The molecule has 6 heteroatoms. The van der Waals surface area contributed by atoms with E-state index in [2.05, 4.69) is 32.1 Å². The Bertz CT molecular complexity index is 418. The van der Waals surface area contributed by atoms with Crippen LogP contribution >= 0.6 is 0 Å². The summed E-state index contributed by atoms with van der Waals surface area (Å²) in [5, 5.41) is 3.12. The van der Waals surface area contributed by atoms with Crippen molar-refractivity contribution in [1.29, 1.82) is 0 Å². The number of nitrogens with one attached hydrogen (secondary N) is 1. The molecule has 1 aromatic heterocycles. The van der Waals surface area contributed by atoms with Crippen molar-refractivity contribution >= 4 is 11.9 Å². The highest BCUT2D eigenvalue weighted by Crippen LogP contribution is 2.25. The summed E-state index contributed by atoms with van der Waals surface area (Å²) in [5.41, 5.74) is 0. The molecule has 1 N–H and O–H groups in total. The van der Waals surface area contributed by atoms with E-state index in [4.69, 9.17) is 4.74 Å². The Kier molecular flexibility index (Phi) is 5.38. The van der Waals surface area contributed by atoms with Crippen LogP contribution in [0.25, 0.3) is 0 Å². The van der Waals surface area contributed by atoms with Gasteiger partial charge in [0.05, 0.1) is 7.11 Å². The molecule has 0 atom stereocenters. The predicted molar refractivity (Wildman–Crippen MR) is 80.4 cm³/mol. The lowest BCUT2D eigenvalue weighted by molar-refractivity contribution is 0.366. The quantitative estimate of drug-likeness (QED) is 0.862. The summed E-state index contributed by atoms with van der Waals surface area (Å²) in [5.74, 6) is 2.17. The molecule has 0 saturated carbocycles. The molecule has 2 rings (SSSR count). The first-order chi connectivity index (χ1) is 9.76. The molecule has 1 fully saturated rings. The molecule has 20 heavy (non-hydrogen) atoms. The SMILES string of the molecule is CCCC1CCN(c2nc(NCC)nc(OC)n2)CC1. The minimum atomic E-state index is 0.377. The third-order valence-electron chi connectivity index (χ3n) is 3.71. The van der Waals surface area contributed by atoms with Crippen LogP contribution in [0.1, 0.15) is 39.5 Å². The van der Waals surface area contributed by atoms with Crippen molar-refractivity contribution in [2.45, 2.75) is 39.5 Å².